The third kappa shape index (κ3) is 13.1. The van der Waals surface area contributed by atoms with E-state index in [1.165, 1.54) is 0 Å². The van der Waals surface area contributed by atoms with Gasteiger partial charge in [0, 0.05) is 121 Å². The van der Waals surface area contributed by atoms with Crippen LogP contribution < -0.4 is 0 Å². The van der Waals surface area contributed by atoms with Gasteiger partial charge in [-0.05, 0) is 58.7 Å². The van der Waals surface area contributed by atoms with Crippen LogP contribution in [0.5, 0.6) is 0 Å². The second-order valence-electron chi connectivity index (χ2n) is 30.7. The molecule has 0 spiro atoms. The Bertz CT molecular complexity index is 8090. The Balaban J connectivity index is 0.000000143. The molecule has 0 amide bonds. The molecule has 0 aliphatic rings. The van der Waals surface area contributed by atoms with Crippen LogP contribution in [0.4, 0.5) is 0 Å². The number of furan rings is 4. The van der Waals surface area contributed by atoms with Crippen LogP contribution in [0.2, 0.25) is 0 Å². The van der Waals surface area contributed by atoms with Crippen molar-refractivity contribution in [2.75, 3.05) is 0 Å². The van der Waals surface area contributed by atoms with Crippen molar-refractivity contribution in [2.45, 2.75) is 0 Å². The van der Waals surface area contributed by atoms with Crippen molar-refractivity contribution in [3.63, 3.8) is 0 Å². The van der Waals surface area contributed by atoms with Gasteiger partial charge >= 0.3 is 0 Å². The monoisotopic (exact) mass is 1590 g/mol. The van der Waals surface area contributed by atoms with Gasteiger partial charge in [-0.3, -0.25) is 0 Å². The summed E-state index contributed by atoms with van der Waals surface area (Å²) in [5, 5.41) is 8.27. The molecule has 580 valence electrons. The molecular formula is C112H68N8O4. The molecular weight excluding hydrogens is 1520 g/mol. The van der Waals surface area contributed by atoms with Gasteiger partial charge in [0.15, 0.2) is 46.1 Å². The average molecular weight is 1590 g/mol. The van der Waals surface area contributed by atoms with E-state index in [0.29, 0.717) is 34.9 Å². The molecule has 8 aromatic heterocycles. The van der Waals surface area contributed by atoms with E-state index in [0.717, 1.165) is 211 Å². The summed E-state index contributed by atoms with van der Waals surface area (Å²) in [6.45, 7) is 0. The van der Waals surface area contributed by atoms with Crippen molar-refractivity contribution >= 4 is 87.6 Å². The van der Waals surface area contributed by atoms with Crippen LogP contribution in [0.15, 0.2) is 430 Å². The number of hydrogen-bond acceptors (Lipinski definition) is 12. The number of hydrogen-bond donors (Lipinski definition) is 0. The summed E-state index contributed by atoms with van der Waals surface area (Å²) in [5.74, 6) is 5.22. The average Bonchev–Trinajstić information content (AvgIpc) is 1.55. The van der Waals surface area contributed by atoms with E-state index in [2.05, 4.69) is 218 Å². The molecule has 24 aromatic rings. The predicted octanol–water partition coefficient (Wildman–Crippen LogP) is 29.5. The predicted molar refractivity (Wildman–Crippen MR) is 500 cm³/mol. The fraction of sp³-hybridized carbons (Fsp3) is 0. The molecule has 8 heterocycles. The molecule has 0 aliphatic carbocycles. The van der Waals surface area contributed by atoms with Gasteiger partial charge in [-0.1, -0.05) is 376 Å². The lowest BCUT2D eigenvalue weighted by Crippen LogP contribution is -2.00. The summed E-state index contributed by atoms with van der Waals surface area (Å²) < 4.78 is 27.7. The lowest BCUT2D eigenvalue weighted by Gasteiger charge is -2.11. The Labute approximate surface area is 711 Å². The van der Waals surface area contributed by atoms with Crippen LogP contribution in [-0.4, -0.2) is 39.9 Å². The van der Waals surface area contributed by atoms with Gasteiger partial charge in [-0.2, -0.15) is 0 Å². The third-order valence-electron chi connectivity index (χ3n) is 23.1. The Hall–Kier alpha value is -17.0. The summed E-state index contributed by atoms with van der Waals surface area (Å²) in [4.78, 5) is 40.1. The summed E-state index contributed by atoms with van der Waals surface area (Å²) in [5.41, 5.74) is 25.5. The molecule has 12 heteroatoms. The van der Waals surface area contributed by atoms with Crippen molar-refractivity contribution in [1.82, 2.24) is 39.9 Å². The van der Waals surface area contributed by atoms with Crippen LogP contribution in [0.3, 0.4) is 0 Å². The van der Waals surface area contributed by atoms with E-state index in [1.54, 1.807) is 0 Å². The van der Waals surface area contributed by atoms with Crippen LogP contribution >= 0.6 is 0 Å². The molecule has 0 aliphatic heterocycles. The molecule has 0 fully saturated rings. The highest BCUT2D eigenvalue weighted by Crippen LogP contribution is 2.52. The number of rotatable bonds is 14. The molecule has 0 unspecified atom stereocenters. The highest BCUT2D eigenvalue weighted by molar-refractivity contribution is 6.24. The van der Waals surface area contributed by atoms with Gasteiger partial charge in [0.1, 0.15) is 45.2 Å². The number of benzene rings is 16. The number of nitrogens with zero attached hydrogens (tertiary/aromatic N) is 8. The first-order valence-corrected chi connectivity index (χ1v) is 41.3. The zero-order chi connectivity index (χ0) is 82.0. The lowest BCUT2D eigenvalue weighted by atomic mass is 9.93. The topological polar surface area (TPSA) is 156 Å². The molecule has 16 aromatic carbocycles. The van der Waals surface area contributed by atoms with Crippen LogP contribution in [0, 0.1) is 0 Å². The van der Waals surface area contributed by atoms with E-state index < -0.39 is 0 Å². The van der Waals surface area contributed by atoms with E-state index in [-0.39, 0.29) is 0 Å². The maximum Gasteiger partial charge on any atom is 0.164 e. The Morgan fingerprint density at radius 2 is 0.435 bits per heavy atom. The molecule has 0 N–H and O–H groups in total. The van der Waals surface area contributed by atoms with E-state index in [1.807, 2.05) is 194 Å². The normalized spacial score (nSPS) is 11.5. The molecule has 124 heavy (non-hydrogen) atoms. The first kappa shape index (κ1) is 72.3. The summed E-state index contributed by atoms with van der Waals surface area (Å²) >= 11 is 0. The minimum absolute atomic E-state index is 0.599. The quantitative estimate of drug-likeness (QED) is 0.102. The minimum atomic E-state index is 0.599. The molecule has 0 bridgehead atoms. The van der Waals surface area contributed by atoms with Gasteiger partial charge < -0.3 is 17.7 Å². The van der Waals surface area contributed by atoms with E-state index in [4.69, 9.17) is 57.5 Å². The Morgan fingerprint density at radius 1 is 0.161 bits per heavy atom. The SMILES string of the molecule is c1ccc(-c2nc(-c3ccccc3)nc(-c3ccc(-c4ccc(-c5oc6c(-c7ccccc7)nc7ccccc7c6c5-c5cccc6c5oc5ccccc56)cc4)cc3)n2)cc1.c1ccc(-c2nc(-c3ccccc3)nc(-c3cccc(-c4cccc(-c5oc6c(-c7ccccc7)nc7ccccc7c6c5-c5cccc6c5oc5ccccc56)c4)c3)n2)cc1. The molecule has 0 atom stereocenters. The molecule has 0 radical (unpaired) electrons. The minimum Gasteiger partial charge on any atom is -0.455 e. The number of para-hydroxylation sites is 6. The van der Waals surface area contributed by atoms with Gasteiger partial charge in [0.05, 0.1) is 11.0 Å². The highest BCUT2D eigenvalue weighted by Gasteiger charge is 2.30. The van der Waals surface area contributed by atoms with Crippen molar-refractivity contribution in [2.24, 2.45) is 0 Å². The number of pyridine rings is 2. The molecule has 0 saturated carbocycles. The largest absolute Gasteiger partial charge is 0.455 e. The van der Waals surface area contributed by atoms with Crippen LogP contribution in [0.1, 0.15) is 0 Å². The molecule has 24 rings (SSSR count). The second kappa shape index (κ2) is 30.8. The lowest BCUT2D eigenvalue weighted by molar-refractivity contribution is 0.631. The van der Waals surface area contributed by atoms with Crippen molar-refractivity contribution in [3.8, 4) is 158 Å². The van der Waals surface area contributed by atoms with Crippen molar-refractivity contribution in [1.29, 1.82) is 0 Å². The summed E-state index contributed by atoms with van der Waals surface area (Å²) in [7, 11) is 0. The fourth-order valence-electron chi connectivity index (χ4n) is 17.2. The first-order valence-electron chi connectivity index (χ1n) is 41.3. The summed E-state index contributed by atoms with van der Waals surface area (Å²) in [6, 6.07) is 140. The second-order valence-corrected chi connectivity index (χ2v) is 30.7. The maximum absolute atomic E-state index is 7.22. The molecule has 0 saturated heterocycles. The van der Waals surface area contributed by atoms with Gasteiger partial charge in [-0.15, -0.1) is 0 Å². The van der Waals surface area contributed by atoms with Gasteiger partial charge in [-0.25, -0.2) is 39.9 Å². The first-order chi connectivity index (χ1) is 61.5. The van der Waals surface area contributed by atoms with E-state index in [9.17, 15) is 0 Å². The fourth-order valence-corrected chi connectivity index (χ4v) is 17.2. The third-order valence-corrected chi connectivity index (χ3v) is 23.1. The standard InChI is InChI=1S/2C56H34N4O2/c1-4-17-35(18-5-1)50-53-48(44-28-10-12-31-46(44)57-50)49(45-30-16-29-43-42-27-11-13-32-47(42)61-52(43)45)51(62-53)40-25-14-23-38(33-40)39-24-15-26-41(34-39)56-59-54(36-19-6-2-7-20-36)58-55(60-56)37-21-8-3-9-22-37;1-4-15-37(16-5-1)50-53-48(44-22-10-12-25-46(44)57-50)49(45-24-14-23-43-42-21-11-13-26-47(42)61-52(43)45)51(62-53)38-31-27-35(28-32-38)36-29-33-41(34-30-36)56-59-54(39-17-6-2-7-18-39)58-55(60-56)40-19-8-3-9-20-40/h2*1-34H. The number of aromatic nitrogens is 8. The van der Waals surface area contributed by atoms with Crippen LogP contribution in [0.25, 0.3) is 246 Å². The maximum atomic E-state index is 7.22. The highest BCUT2D eigenvalue weighted by atomic mass is 16.3. The Morgan fingerprint density at radius 3 is 0.839 bits per heavy atom. The Kier molecular flexibility index (Phi) is 17.9. The van der Waals surface area contributed by atoms with Crippen molar-refractivity contribution in [3.05, 3.63) is 413 Å². The van der Waals surface area contributed by atoms with Crippen molar-refractivity contribution < 1.29 is 17.7 Å². The smallest absolute Gasteiger partial charge is 0.164 e. The molecule has 12 nitrogen and oxygen atoms in total. The number of fused-ring (bicyclic) bond motifs is 12. The van der Waals surface area contributed by atoms with Gasteiger partial charge in [0.25, 0.3) is 0 Å². The van der Waals surface area contributed by atoms with E-state index >= 15 is 0 Å². The zero-order valence-corrected chi connectivity index (χ0v) is 66.5. The van der Waals surface area contributed by atoms with Crippen LogP contribution in [-0.2, 0) is 0 Å². The zero-order valence-electron chi connectivity index (χ0n) is 66.5. The summed E-state index contributed by atoms with van der Waals surface area (Å²) in [6.07, 6.45) is 0. The van der Waals surface area contributed by atoms with Gasteiger partial charge in [0.2, 0.25) is 0 Å².